The molecule has 0 saturated carbocycles. The van der Waals surface area contributed by atoms with E-state index >= 15 is 0 Å². The van der Waals surface area contributed by atoms with Gasteiger partial charge in [0.2, 0.25) is 0 Å². The van der Waals surface area contributed by atoms with Gasteiger partial charge in [-0.05, 0) is 33.8 Å². The van der Waals surface area contributed by atoms with Crippen molar-refractivity contribution in [1.82, 2.24) is 0 Å². The quantitative estimate of drug-likeness (QED) is 0.284. The van der Waals surface area contributed by atoms with Gasteiger partial charge >= 0.3 is 7.12 Å². The van der Waals surface area contributed by atoms with Crippen LogP contribution in [0.15, 0.2) is 27.9 Å². The first-order valence-corrected chi connectivity index (χ1v) is 10.2. The first-order chi connectivity index (χ1) is 16.4. The molecule has 0 aliphatic carbocycles. The summed E-state index contributed by atoms with van der Waals surface area (Å²) in [5, 5.41) is 28.2. The third-order valence-electron chi connectivity index (χ3n) is 6.21. The molecule has 7 nitrogen and oxygen atoms in total. The Labute approximate surface area is 197 Å². The van der Waals surface area contributed by atoms with Gasteiger partial charge in [0.1, 0.15) is 34.7 Å². The molecule has 0 N–H and O–H groups in total. The molecule has 0 bridgehead atoms. The molecule has 2 aromatic carbocycles. The minimum atomic E-state index is -1.95. The Bertz CT molecular complexity index is 1550. The molecule has 0 unspecified atom stereocenters. The lowest BCUT2D eigenvalue weighted by atomic mass is 9.76. The molecule has 4 rings (SSSR count). The van der Waals surface area contributed by atoms with Crippen LogP contribution < -0.4 is 16.2 Å². The van der Waals surface area contributed by atoms with Crippen LogP contribution in [0.2, 0.25) is 0 Å². The lowest BCUT2D eigenvalue weighted by Gasteiger charge is -2.32. The summed E-state index contributed by atoms with van der Waals surface area (Å²) in [4.78, 5) is 8.10. The van der Waals surface area contributed by atoms with Gasteiger partial charge in [-0.15, -0.1) is 0 Å². The number of halogens is 4. The third-order valence-corrected chi connectivity index (χ3v) is 6.21. The highest BCUT2D eigenvalue weighted by molar-refractivity contribution is 6.62. The smallest absolute Gasteiger partial charge is 0.399 e. The Kier molecular flexibility index (Phi) is 5.52. The van der Waals surface area contributed by atoms with Crippen LogP contribution in [0.3, 0.4) is 0 Å². The van der Waals surface area contributed by atoms with Crippen molar-refractivity contribution in [3.8, 4) is 18.2 Å². The summed E-state index contributed by atoms with van der Waals surface area (Å²) in [5.41, 5.74) is -4.85. The standard InChI is InChI=1S/C23H14BF4N5O2/c1-22(2)23(3,4)35-24(34-22)13-5-6-14-20(10(13)7-29)33-21(32-14)11(8-30)15-18(27)16(25)12(9-31)17(26)19(15)28/h5-6H,1-4H3/b21-11+. The van der Waals surface area contributed by atoms with E-state index in [2.05, 4.69) is 9.98 Å². The molecule has 2 aliphatic rings. The van der Waals surface area contributed by atoms with Crippen LogP contribution in [0, 0.1) is 57.3 Å². The first-order valence-electron chi connectivity index (χ1n) is 10.2. The Morgan fingerprint density at radius 1 is 0.829 bits per heavy atom. The second-order valence-electron chi connectivity index (χ2n) is 8.75. The molecule has 2 aliphatic heterocycles. The maximum absolute atomic E-state index is 14.6. The number of rotatable bonds is 2. The maximum Gasteiger partial charge on any atom is 0.496 e. The minimum absolute atomic E-state index is 0.0184. The Morgan fingerprint density at radius 2 is 1.37 bits per heavy atom. The summed E-state index contributed by atoms with van der Waals surface area (Å²) >= 11 is 0. The molecular formula is C23H14BF4N5O2. The number of benzene rings is 2. The number of nitriles is 3. The van der Waals surface area contributed by atoms with E-state index in [0.717, 1.165) is 6.07 Å². The van der Waals surface area contributed by atoms with Gasteiger partial charge in [-0.2, -0.15) is 15.8 Å². The predicted octanol–water partition coefficient (Wildman–Crippen LogP) is 2.43. The molecule has 0 radical (unpaired) electrons. The molecule has 174 valence electrons. The summed E-state index contributed by atoms with van der Waals surface area (Å²) in [6.45, 7) is 7.30. The van der Waals surface area contributed by atoms with Crippen LogP contribution in [0.5, 0.6) is 0 Å². The SMILES string of the molecule is CC1(C)OB(c2ccc3c(c2C#N)=N/C(=C(\C#N)c2c(F)c(F)c(C#N)c(F)c2F)N=3)OC1(C)C. The van der Waals surface area contributed by atoms with E-state index in [1.807, 2.05) is 33.8 Å². The van der Waals surface area contributed by atoms with Crippen molar-refractivity contribution >= 4 is 18.2 Å². The molecule has 12 heteroatoms. The van der Waals surface area contributed by atoms with E-state index in [0.29, 0.717) is 5.46 Å². The fourth-order valence-corrected chi connectivity index (χ4v) is 3.61. The van der Waals surface area contributed by atoms with Gasteiger partial charge in [0.15, 0.2) is 29.1 Å². The number of nitrogens with zero attached hydrogens (tertiary/aromatic N) is 5. The second-order valence-corrected chi connectivity index (χ2v) is 8.75. The molecule has 0 amide bonds. The normalized spacial score (nSPS) is 18.6. The van der Waals surface area contributed by atoms with E-state index in [4.69, 9.17) is 14.6 Å². The molecule has 1 saturated heterocycles. The summed E-state index contributed by atoms with van der Waals surface area (Å²) in [6.07, 6.45) is 0. The van der Waals surface area contributed by atoms with E-state index in [1.54, 1.807) is 0 Å². The Morgan fingerprint density at radius 3 is 1.86 bits per heavy atom. The average molecular weight is 479 g/mol. The van der Waals surface area contributed by atoms with Crippen LogP contribution in [0.25, 0.3) is 5.57 Å². The van der Waals surface area contributed by atoms with Gasteiger partial charge in [-0.1, -0.05) is 6.07 Å². The first kappa shape index (κ1) is 24.1. The fraction of sp³-hybridized carbons (Fsp3) is 0.261. The zero-order valence-corrected chi connectivity index (χ0v) is 18.8. The lowest BCUT2D eigenvalue weighted by molar-refractivity contribution is 0.00578. The summed E-state index contributed by atoms with van der Waals surface area (Å²) in [5.74, 6) is -8.35. The van der Waals surface area contributed by atoms with E-state index in [9.17, 15) is 28.1 Å². The molecule has 1 fully saturated rings. The topological polar surface area (TPSA) is 115 Å². The predicted molar refractivity (Wildman–Crippen MR) is 113 cm³/mol. The molecule has 0 spiro atoms. The highest BCUT2D eigenvalue weighted by Gasteiger charge is 2.52. The Balaban J connectivity index is 1.94. The number of hydrogen-bond donors (Lipinski definition) is 0. The van der Waals surface area contributed by atoms with Gasteiger partial charge in [0.25, 0.3) is 0 Å². The average Bonchev–Trinajstić information content (AvgIpc) is 3.32. The van der Waals surface area contributed by atoms with E-state index in [1.165, 1.54) is 18.2 Å². The molecule has 2 heterocycles. The van der Waals surface area contributed by atoms with Gasteiger partial charge in [0.05, 0.1) is 27.7 Å². The number of allylic oxidation sites excluding steroid dienone is 1. The highest BCUT2D eigenvalue weighted by Crippen LogP contribution is 2.36. The van der Waals surface area contributed by atoms with Gasteiger partial charge in [-0.25, -0.2) is 27.5 Å². The zero-order valence-electron chi connectivity index (χ0n) is 18.8. The number of hydrogen-bond acceptors (Lipinski definition) is 7. The highest BCUT2D eigenvalue weighted by atomic mass is 19.2. The molecule has 0 atom stereocenters. The van der Waals surface area contributed by atoms with Crippen molar-refractivity contribution in [2.45, 2.75) is 38.9 Å². The van der Waals surface area contributed by atoms with Gasteiger partial charge in [0, 0.05) is 5.46 Å². The Hall–Kier alpha value is -4.05. The van der Waals surface area contributed by atoms with E-state index < -0.39 is 64.1 Å². The molecular weight excluding hydrogens is 465 g/mol. The van der Waals surface area contributed by atoms with Crippen LogP contribution >= 0.6 is 0 Å². The monoisotopic (exact) mass is 479 g/mol. The minimum Gasteiger partial charge on any atom is -0.399 e. The summed E-state index contributed by atoms with van der Waals surface area (Å²) in [6, 6.07) is 7.42. The van der Waals surface area contributed by atoms with E-state index in [-0.39, 0.29) is 16.3 Å². The van der Waals surface area contributed by atoms with Crippen molar-refractivity contribution in [3.63, 3.8) is 0 Å². The van der Waals surface area contributed by atoms with Crippen molar-refractivity contribution in [2.75, 3.05) is 0 Å². The van der Waals surface area contributed by atoms with Crippen LogP contribution in [-0.4, -0.2) is 18.3 Å². The van der Waals surface area contributed by atoms with Crippen LogP contribution in [0.4, 0.5) is 17.6 Å². The zero-order chi connectivity index (χ0) is 25.9. The molecule has 2 aromatic rings. The summed E-state index contributed by atoms with van der Waals surface area (Å²) < 4.78 is 69.4. The summed E-state index contributed by atoms with van der Waals surface area (Å²) in [7, 11) is -0.935. The van der Waals surface area contributed by atoms with Crippen LogP contribution in [-0.2, 0) is 9.31 Å². The lowest BCUT2D eigenvalue weighted by Crippen LogP contribution is -2.42. The van der Waals surface area contributed by atoms with Crippen LogP contribution in [0.1, 0.15) is 44.4 Å². The maximum atomic E-state index is 14.6. The van der Waals surface area contributed by atoms with Crippen molar-refractivity contribution in [3.05, 3.63) is 68.6 Å². The van der Waals surface area contributed by atoms with Crippen molar-refractivity contribution < 1.29 is 26.9 Å². The molecule has 0 aromatic heterocycles. The number of fused-ring (bicyclic) bond motifs is 1. The largest absolute Gasteiger partial charge is 0.496 e. The van der Waals surface area contributed by atoms with Gasteiger partial charge < -0.3 is 9.31 Å². The van der Waals surface area contributed by atoms with Gasteiger partial charge in [-0.3, -0.25) is 0 Å². The second kappa shape index (κ2) is 8.02. The van der Waals surface area contributed by atoms with Crippen molar-refractivity contribution in [1.29, 1.82) is 15.8 Å². The third kappa shape index (κ3) is 3.49. The van der Waals surface area contributed by atoms with Crippen molar-refractivity contribution in [2.24, 2.45) is 9.98 Å². The fourth-order valence-electron chi connectivity index (χ4n) is 3.61. The molecule has 35 heavy (non-hydrogen) atoms.